The zero-order valence-corrected chi connectivity index (χ0v) is 24.8. The number of unbranched alkanes of at least 4 members (excludes halogenated alkanes) is 8. The summed E-state index contributed by atoms with van der Waals surface area (Å²) in [7, 11) is 0. The van der Waals surface area contributed by atoms with E-state index in [0.717, 1.165) is 50.2 Å². The van der Waals surface area contributed by atoms with Crippen molar-refractivity contribution in [2.24, 2.45) is 0 Å². The van der Waals surface area contributed by atoms with Crippen LogP contribution in [0, 0.1) is 11.6 Å². The molecule has 3 aromatic carbocycles. The number of ether oxygens (including phenoxy) is 3. The predicted molar refractivity (Wildman–Crippen MR) is 161 cm³/mol. The van der Waals surface area contributed by atoms with E-state index in [9.17, 15) is 18.0 Å². The fourth-order valence-corrected chi connectivity index (χ4v) is 4.55. The molecular weight excluding hydrogens is 541 g/mol. The van der Waals surface area contributed by atoms with Gasteiger partial charge in [-0.1, -0.05) is 89.8 Å². The van der Waals surface area contributed by atoms with Gasteiger partial charge >= 0.3 is 5.97 Å². The molecule has 0 amide bonds. The Morgan fingerprint density at radius 2 is 1.33 bits per heavy atom. The maximum absolute atomic E-state index is 14.6. The number of carbonyl (C=O) groups is 1. The molecule has 3 rings (SSSR count). The lowest BCUT2D eigenvalue weighted by atomic mass is 10.1. The summed E-state index contributed by atoms with van der Waals surface area (Å²) in [5, 5.41) is 0. The molecule has 1 atom stereocenters. The maximum atomic E-state index is 14.6. The average Bonchev–Trinajstić information content (AvgIpc) is 2.99. The minimum absolute atomic E-state index is 0.149. The van der Waals surface area contributed by atoms with Gasteiger partial charge in [0.05, 0.1) is 12.2 Å². The minimum Gasteiger partial charge on any atom is -0.491 e. The molecule has 228 valence electrons. The molecule has 42 heavy (non-hydrogen) atoms. The van der Waals surface area contributed by atoms with E-state index in [1.54, 1.807) is 36.4 Å². The lowest BCUT2D eigenvalue weighted by Crippen LogP contribution is -2.14. The molecule has 0 N–H and O–H groups in total. The Balaban J connectivity index is 1.48. The quantitative estimate of drug-likeness (QED) is 0.0799. The van der Waals surface area contributed by atoms with Crippen LogP contribution in [-0.2, 0) is 0 Å². The highest BCUT2D eigenvalue weighted by Crippen LogP contribution is 2.28. The van der Waals surface area contributed by atoms with Crippen LogP contribution in [0.1, 0.15) is 94.8 Å². The normalized spacial score (nSPS) is 11.7. The van der Waals surface area contributed by atoms with Crippen molar-refractivity contribution < 1.29 is 32.2 Å². The molecule has 3 aromatic rings. The number of alkyl halides is 1. The molecule has 0 saturated heterocycles. The first-order chi connectivity index (χ1) is 20.4. The van der Waals surface area contributed by atoms with Crippen molar-refractivity contribution in [2.45, 2.75) is 90.6 Å². The fourth-order valence-electron chi connectivity index (χ4n) is 4.55. The van der Waals surface area contributed by atoms with Crippen molar-refractivity contribution in [3.05, 3.63) is 77.9 Å². The van der Waals surface area contributed by atoms with E-state index in [1.807, 2.05) is 0 Å². The Labute approximate surface area is 248 Å². The molecule has 4 nitrogen and oxygen atoms in total. The Bertz CT molecular complexity index is 1230. The van der Waals surface area contributed by atoms with Crippen molar-refractivity contribution in [3.8, 4) is 28.4 Å². The first-order valence-electron chi connectivity index (χ1n) is 15.2. The molecule has 0 unspecified atom stereocenters. The summed E-state index contributed by atoms with van der Waals surface area (Å²) in [5.74, 6) is -1.54. The third kappa shape index (κ3) is 11.1. The van der Waals surface area contributed by atoms with Crippen molar-refractivity contribution in [2.75, 3.05) is 13.2 Å². The lowest BCUT2D eigenvalue weighted by molar-refractivity contribution is 0.0729. The summed E-state index contributed by atoms with van der Waals surface area (Å²) < 4.78 is 59.6. The van der Waals surface area contributed by atoms with Crippen LogP contribution in [0.15, 0.2) is 60.7 Å². The van der Waals surface area contributed by atoms with Gasteiger partial charge in [-0.25, -0.2) is 18.0 Å². The third-order valence-electron chi connectivity index (χ3n) is 7.05. The van der Waals surface area contributed by atoms with Crippen LogP contribution in [0.4, 0.5) is 13.2 Å². The van der Waals surface area contributed by atoms with E-state index in [-0.39, 0.29) is 29.4 Å². The summed E-state index contributed by atoms with van der Waals surface area (Å²) in [6.07, 6.45) is 10.00. The van der Waals surface area contributed by atoms with Crippen molar-refractivity contribution in [3.63, 3.8) is 0 Å². The summed E-state index contributed by atoms with van der Waals surface area (Å²) in [6, 6.07) is 15.0. The van der Waals surface area contributed by atoms with Crippen LogP contribution in [-0.4, -0.2) is 25.4 Å². The number of esters is 1. The second-order valence-electron chi connectivity index (χ2n) is 10.6. The lowest BCUT2D eigenvalue weighted by Gasteiger charge is -2.12. The van der Waals surface area contributed by atoms with E-state index in [4.69, 9.17) is 14.2 Å². The largest absolute Gasteiger partial charge is 0.491 e. The molecular formula is C35H43F3O4. The minimum atomic E-state index is -1.13. The Morgan fingerprint density at radius 3 is 2.02 bits per heavy atom. The number of hydrogen-bond donors (Lipinski definition) is 0. The number of carbonyl (C=O) groups excluding carboxylic acids is 1. The smallest absolute Gasteiger partial charge is 0.346 e. The number of halogens is 3. The van der Waals surface area contributed by atoms with Crippen LogP contribution in [0.5, 0.6) is 17.2 Å². The molecule has 0 saturated carbocycles. The third-order valence-corrected chi connectivity index (χ3v) is 7.05. The highest BCUT2D eigenvalue weighted by atomic mass is 19.1. The van der Waals surface area contributed by atoms with Crippen LogP contribution in [0.25, 0.3) is 11.1 Å². The summed E-state index contributed by atoms with van der Waals surface area (Å²) in [5.41, 5.74) is 1.11. The molecule has 0 bridgehead atoms. The maximum Gasteiger partial charge on any atom is 0.346 e. The van der Waals surface area contributed by atoms with Gasteiger partial charge in [0.2, 0.25) is 0 Å². The Morgan fingerprint density at radius 1 is 0.690 bits per heavy atom. The van der Waals surface area contributed by atoms with E-state index >= 15 is 0 Å². The van der Waals surface area contributed by atoms with Gasteiger partial charge in [0.15, 0.2) is 11.6 Å². The monoisotopic (exact) mass is 584 g/mol. The molecule has 0 radical (unpaired) electrons. The van der Waals surface area contributed by atoms with Crippen LogP contribution >= 0.6 is 0 Å². The second kappa shape index (κ2) is 18.1. The zero-order chi connectivity index (χ0) is 30.2. The van der Waals surface area contributed by atoms with Crippen molar-refractivity contribution in [1.29, 1.82) is 0 Å². The van der Waals surface area contributed by atoms with E-state index in [2.05, 4.69) is 13.8 Å². The van der Waals surface area contributed by atoms with Crippen molar-refractivity contribution >= 4 is 5.97 Å². The zero-order valence-electron chi connectivity index (χ0n) is 24.8. The Hall–Kier alpha value is -3.48. The van der Waals surface area contributed by atoms with Gasteiger partial charge in [0.1, 0.15) is 30.1 Å². The van der Waals surface area contributed by atoms with Crippen LogP contribution < -0.4 is 14.2 Å². The Kier molecular flexibility index (Phi) is 14.3. The highest BCUT2D eigenvalue weighted by molar-refractivity contribution is 5.91. The molecule has 0 aliphatic heterocycles. The van der Waals surface area contributed by atoms with Crippen molar-refractivity contribution in [1.82, 2.24) is 0 Å². The second-order valence-corrected chi connectivity index (χ2v) is 10.6. The first-order valence-corrected chi connectivity index (χ1v) is 15.2. The van der Waals surface area contributed by atoms with E-state index in [1.165, 1.54) is 43.9 Å². The number of rotatable bonds is 19. The van der Waals surface area contributed by atoms with E-state index in [0.29, 0.717) is 18.6 Å². The SMILES string of the molecule is CCCCCCCCOc1ccc(-c2ccc(OC(=O)c3ccc(OC[C@@H](F)CCCCCC)cc3F)cc2)cc1F. The molecule has 0 heterocycles. The van der Waals surface area contributed by atoms with Gasteiger partial charge in [0, 0.05) is 6.07 Å². The summed E-state index contributed by atoms with van der Waals surface area (Å²) >= 11 is 0. The van der Waals surface area contributed by atoms with Crippen LogP contribution in [0.2, 0.25) is 0 Å². The summed E-state index contributed by atoms with van der Waals surface area (Å²) in [6.45, 7) is 4.59. The van der Waals surface area contributed by atoms with E-state index < -0.39 is 23.8 Å². The molecule has 0 fully saturated rings. The first kappa shape index (κ1) is 33.0. The van der Waals surface area contributed by atoms with Crippen LogP contribution in [0.3, 0.4) is 0 Å². The van der Waals surface area contributed by atoms with Gasteiger partial charge in [-0.2, -0.15) is 0 Å². The average molecular weight is 585 g/mol. The molecule has 0 aliphatic carbocycles. The molecule has 7 heteroatoms. The summed E-state index contributed by atoms with van der Waals surface area (Å²) in [4.78, 5) is 12.6. The van der Waals surface area contributed by atoms with Gasteiger partial charge in [-0.3, -0.25) is 0 Å². The topological polar surface area (TPSA) is 44.8 Å². The molecule has 0 spiro atoms. The van der Waals surface area contributed by atoms with Gasteiger partial charge in [-0.15, -0.1) is 0 Å². The number of hydrogen-bond acceptors (Lipinski definition) is 4. The fraction of sp³-hybridized carbons (Fsp3) is 0.457. The molecule has 0 aromatic heterocycles. The standard InChI is InChI=1S/C35H43F3O4/c1-3-5-7-9-10-12-22-40-34-21-16-27(23-33(34)38)26-14-17-29(18-15-26)42-35(39)31-20-19-30(24-32(31)37)41-25-28(36)13-11-8-6-4-2/h14-21,23-24,28H,3-13,22,25H2,1-2H3/t28-/m0/s1. The predicted octanol–water partition coefficient (Wildman–Crippen LogP) is 10.3. The van der Waals surface area contributed by atoms with Gasteiger partial charge in [0.25, 0.3) is 0 Å². The highest BCUT2D eigenvalue weighted by Gasteiger charge is 2.16. The molecule has 0 aliphatic rings. The van der Waals surface area contributed by atoms with Gasteiger partial charge in [-0.05, 0) is 60.4 Å². The number of benzene rings is 3. The van der Waals surface area contributed by atoms with Gasteiger partial charge < -0.3 is 14.2 Å².